The SMILES string of the molecule is CN(C)CCCN(CCCN(C)C)C(=O)N(CCCN(C)C)CCCN(C)C. The minimum absolute atomic E-state index is 0.218. The number of nitrogens with zero attached hydrogens (tertiary/aromatic N) is 6. The van der Waals surface area contributed by atoms with Crippen LogP contribution in [0.15, 0.2) is 0 Å². The fraction of sp³-hybridized carbons (Fsp3) is 0.952. The van der Waals surface area contributed by atoms with Crippen LogP contribution in [0.4, 0.5) is 4.79 Å². The predicted octanol–water partition coefficient (Wildman–Crippen LogP) is 1.52. The van der Waals surface area contributed by atoms with E-state index in [4.69, 9.17) is 0 Å². The van der Waals surface area contributed by atoms with E-state index in [0.29, 0.717) is 0 Å². The smallest absolute Gasteiger partial charge is 0.320 e. The Hall–Kier alpha value is -0.890. The van der Waals surface area contributed by atoms with Gasteiger partial charge in [-0.1, -0.05) is 0 Å². The number of amides is 2. The molecule has 0 aromatic heterocycles. The van der Waals surface area contributed by atoms with Crippen molar-refractivity contribution in [3.05, 3.63) is 0 Å². The number of hydrogen-bond acceptors (Lipinski definition) is 5. The van der Waals surface area contributed by atoms with Crippen molar-refractivity contribution in [3.8, 4) is 0 Å². The largest absolute Gasteiger partial charge is 0.325 e. The Morgan fingerprint density at radius 2 is 0.643 bits per heavy atom. The molecule has 0 saturated carbocycles. The van der Waals surface area contributed by atoms with Crippen molar-refractivity contribution in [3.63, 3.8) is 0 Å². The van der Waals surface area contributed by atoms with E-state index in [9.17, 15) is 4.79 Å². The molecule has 0 aliphatic heterocycles. The molecule has 7 heteroatoms. The second kappa shape index (κ2) is 16.0. The van der Waals surface area contributed by atoms with E-state index in [1.165, 1.54) is 0 Å². The fourth-order valence-corrected chi connectivity index (χ4v) is 3.12. The van der Waals surface area contributed by atoms with Gasteiger partial charge in [0, 0.05) is 26.2 Å². The van der Waals surface area contributed by atoms with E-state index < -0.39 is 0 Å². The van der Waals surface area contributed by atoms with Crippen LogP contribution in [0.1, 0.15) is 25.7 Å². The summed E-state index contributed by atoms with van der Waals surface area (Å²) in [5.41, 5.74) is 0. The second-order valence-electron chi connectivity index (χ2n) is 8.88. The van der Waals surface area contributed by atoms with Crippen molar-refractivity contribution in [2.24, 2.45) is 0 Å². The Labute approximate surface area is 175 Å². The predicted molar refractivity (Wildman–Crippen MR) is 121 cm³/mol. The number of rotatable bonds is 16. The zero-order valence-electron chi connectivity index (χ0n) is 20.1. The second-order valence-corrected chi connectivity index (χ2v) is 8.88. The summed E-state index contributed by atoms with van der Waals surface area (Å²) in [5, 5.41) is 0. The molecule has 0 aliphatic carbocycles. The van der Waals surface area contributed by atoms with Gasteiger partial charge in [0.2, 0.25) is 0 Å². The lowest BCUT2D eigenvalue weighted by Gasteiger charge is -2.32. The molecule has 0 aliphatic rings. The maximum Gasteiger partial charge on any atom is 0.320 e. The normalized spacial score (nSPS) is 11.9. The third-order valence-electron chi connectivity index (χ3n) is 4.67. The lowest BCUT2D eigenvalue weighted by Crippen LogP contribution is -2.46. The topological polar surface area (TPSA) is 36.5 Å². The molecule has 2 amide bonds. The van der Waals surface area contributed by atoms with Gasteiger partial charge in [-0.2, -0.15) is 0 Å². The van der Waals surface area contributed by atoms with Crippen molar-refractivity contribution in [1.82, 2.24) is 29.4 Å². The van der Waals surface area contributed by atoms with Crippen LogP contribution in [0.5, 0.6) is 0 Å². The van der Waals surface area contributed by atoms with Crippen LogP contribution < -0.4 is 0 Å². The number of carbonyl (C=O) groups is 1. The first kappa shape index (κ1) is 27.1. The summed E-state index contributed by atoms with van der Waals surface area (Å²) in [6.45, 7) is 7.39. The zero-order chi connectivity index (χ0) is 21.5. The first-order chi connectivity index (χ1) is 13.1. The van der Waals surface area contributed by atoms with E-state index in [0.717, 1.165) is 78.0 Å². The summed E-state index contributed by atoms with van der Waals surface area (Å²) in [6.07, 6.45) is 4.07. The maximum atomic E-state index is 13.3. The van der Waals surface area contributed by atoms with Crippen molar-refractivity contribution < 1.29 is 4.79 Å². The standard InChI is InChI=1S/C21H48N6O/c1-22(2)13-9-17-26(18-10-14-23(3)4)21(28)27(19-11-15-24(5)6)20-12-16-25(7)8/h9-20H2,1-8H3. The van der Waals surface area contributed by atoms with E-state index in [1.807, 2.05) is 0 Å². The van der Waals surface area contributed by atoms with E-state index in [2.05, 4.69) is 85.8 Å². The molecule has 0 aromatic rings. The van der Waals surface area contributed by atoms with Crippen LogP contribution in [-0.4, -0.2) is 144 Å². The average Bonchev–Trinajstić information content (AvgIpc) is 2.57. The molecule has 0 heterocycles. The molecule has 0 spiro atoms. The number of carbonyl (C=O) groups excluding carboxylic acids is 1. The van der Waals surface area contributed by atoms with Gasteiger partial charge >= 0.3 is 6.03 Å². The first-order valence-electron chi connectivity index (χ1n) is 10.8. The summed E-state index contributed by atoms with van der Waals surface area (Å²) in [7, 11) is 16.7. The summed E-state index contributed by atoms with van der Waals surface area (Å²) in [6, 6.07) is 0.218. The molecule has 0 aromatic carbocycles. The molecule has 28 heavy (non-hydrogen) atoms. The molecule has 0 bridgehead atoms. The van der Waals surface area contributed by atoms with Crippen LogP contribution in [0, 0.1) is 0 Å². The maximum absolute atomic E-state index is 13.3. The van der Waals surface area contributed by atoms with Gasteiger partial charge in [0.05, 0.1) is 0 Å². The molecule has 0 rings (SSSR count). The average molecular weight is 401 g/mol. The van der Waals surface area contributed by atoms with Gasteiger partial charge in [-0.25, -0.2) is 4.79 Å². The lowest BCUT2D eigenvalue weighted by atomic mass is 10.3. The van der Waals surface area contributed by atoms with Crippen molar-refractivity contribution in [2.45, 2.75) is 25.7 Å². The highest BCUT2D eigenvalue weighted by molar-refractivity contribution is 5.74. The molecule has 0 atom stereocenters. The van der Waals surface area contributed by atoms with Gasteiger partial charge in [0.15, 0.2) is 0 Å². The van der Waals surface area contributed by atoms with Gasteiger partial charge in [0.25, 0.3) is 0 Å². The Bertz CT molecular complexity index is 325. The third-order valence-corrected chi connectivity index (χ3v) is 4.67. The molecular formula is C21H48N6O. The molecular weight excluding hydrogens is 352 g/mol. The Morgan fingerprint density at radius 3 is 0.821 bits per heavy atom. The highest BCUT2D eigenvalue weighted by atomic mass is 16.2. The fourth-order valence-electron chi connectivity index (χ4n) is 3.12. The monoisotopic (exact) mass is 400 g/mol. The molecule has 0 saturated heterocycles. The minimum atomic E-state index is 0.218. The minimum Gasteiger partial charge on any atom is -0.325 e. The zero-order valence-corrected chi connectivity index (χ0v) is 20.1. The Balaban J connectivity index is 4.91. The lowest BCUT2D eigenvalue weighted by molar-refractivity contribution is 0.144. The van der Waals surface area contributed by atoms with Crippen LogP contribution in [0.25, 0.3) is 0 Å². The van der Waals surface area contributed by atoms with Gasteiger partial charge < -0.3 is 29.4 Å². The third kappa shape index (κ3) is 15.1. The van der Waals surface area contributed by atoms with Gasteiger partial charge in [-0.15, -0.1) is 0 Å². The summed E-state index contributed by atoms with van der Waals surface area (Å²) in [5.74, 6) is 0. The van der Waals surface area contributed by atoms with Crippen LogP contribution in [-0.2, 0) is 0 Å². The molecule has 0 fully saturated rings. The quantitative estimate of drug-likeness (QED) is 0.393. The van der Waals surface area contributed by atoms with E-state index in [-0.39, 0.29) is 6.03 Å². The number of urea groups is 1. The molecule has 0 N–H and O–H groups in total. The highest BCUT2D eigenvalue weighted by Crippen LogP contribution is 2.06. The summed E-state index contributed by atoms with van der Waals surface area (Å²) >= 11 is 0. The number of hydrogen-bond donors (Lipinski definition) is 0. The van der Waals surface area contributed by atoms with Crippen LogP contribution in [0.3, 0.4) is 0 Å². The van der Waals surface area contributed by atoms with Gasteiger partial charge in [-0.3, -0.25) is 0 Å². The molecule has 0 unspecified atom stereocenters. The Morgan fingerprint density at radius 1 is 0.429 bits per heavy atom. The van der Waals surface area contributed by atoms with Crippen molar-refractivity contribution >= 4 is 6.03 Å². The molecule has 168 valence electrons. The Kier molecular flexibility index (Phi) is 15.5. The first-order valence-corrected chi connectivity index (χ1v) is 10.8. The van der Waals surface area contributed by atoms with E-state index in [1.54, 1.807) is 0 Å². The van der Waals surface area contributed by atoms with Gasteiger partial charge in [0.1, 0.15) is 0 Å². The van der Waals surface area contributed by atoms with Crippen LogP contribution >= 0.6 is 0 Å². The van der Waals surface area contributed by atoms with E-state index >= 15 is 0 Å². The summed E-state index contributed by atoms with van der Waals surface area (Å²) < 4.78 is 0. The van der Waals surface area contributed by atoms with Crippen LogP contribution in [0.2, 0.25) is 0 Å². The highest BCUT2D eigenvalue weighted by Gasteiger charge is 2.20. The molecule has 7 nitrogen and oxygen atoms in total. The van der Waals surface area contributed by atoms with Crippen molar-refractivity contribution in [2.75, 3.05) is 109 Å². The van der Waals surface area contributed by atoms with Gasteiger partial charge in [-0.05, 0) is 108 Å². The summed E-state index contributed by atoms with van der Waals surface area (Å²) in [4.78, 5) is 26.3. The van der Waals surface area contributed by atoms with Crippen molar-refractivity contribution in [1.29, 1.82) is 0 Å². The molecule has 0 radical (unpaired) electrons.